The van der Waals surface area contributed by atoms with E-state index in [0.29, 0.717) is 23.8 Å². The molecule has 3 aromatic carbocycles. The van der Waals surface area contributed by atoms with E-state index in [1.165, 1.54) is 5.56 Å². The number of anilines is 3. The van der Waals surface area contributed by atoms with Gasteiger partial charge in [-0.05, 0) is 67.6 Å². The van der Waals surface area contributed by atoms with Crippen molar-refractivity contribution < 1.29 is 14.7 Å². The molecule has 1 heterocycles. The molecule has 176 valence electrons. The van der Waals surface area contributed by atoms with Gasteiger partial charge in [0, 0.05) is 29.4 Å². The normalized spacial score (nSPS) is 15.2. The maximum absolute atomic E-state index is 13.7. The Balaban J connectivity index is 1.74. The summed E-state index contributed by atoms with van der Waals surface area (Å²) >= 11 is 0. The Bertz CT molecular complexity index is 1220. The second kappa shape index (κ2) is 10.1. The molecule has 1 unspecified atom stereocenters. The predicted octanol–water partition coefficient (Wildman–Crippen LogP) is 5.14. The van der Waals surface area contributed by atoms with E-state index in [2.05, 4.69) is 23.6 Å². The fourth-order valence-corrected chi connectivity index (χ4v) is 4.33. The third-order valence-electron chi connectivity index (χ3n) is 6.50. The lowest BCUT2D eigenvalue weighted by Gasteiger charge is -2.23. The highest BCUT2D eigenvalue weighted by molar-refractivity contribution is 6.09. The van der Waals surface area contributed by atoms with E-state index in [0.717, 1.165) is 40.9 Å². The molecule has 6 nitrogen and oxygen atoms in total. The number of aliphatic hydroxyl groups is 1. The summed E-state index contributed by atoms with van der Waals surface area (Å²) in [6, 6.07) is 19.6. The smallest absolute Gasteiger partial charge is 0.258 e. The van der Waals surface area contributed by atoms with Crippen molar-refractivity contribution in [2.24, 2.45) is 0 Å². The van der Waals surface area contributed by atoms with Gasteiger partial charge in [-0.15, -0.1) is 0 Å². The standard InChI is InChI=1S/C28H31N3O3/c1-4-22-13-14-31(26-8-6-5-7-24(26)29-22)28(34)21-11-12-23(25(16-21)30-27(33)17-32)20-10-9-18(2)19(3)15-20/h5-12,15-16,22,29,32H,4,13-14,17H2,1-3H3,(H,30,33). The summed E-state index contributed by atoms with van der Waals surface area (Å²) in [5.74, 6) is -0.651. The minimum atomic E-state index is -0.631. The second-order valence-electron chi connectivity index (χ2n) is 8.78. The number of benzene rings is 3. The molecule has 3 aromatic rings. The van der Waals surface area contributed by atoms with E-state index in [9.17, 15) is 14.7 Å². The van der Waals surface area contributed by atoms with Crippen molar-refractivity contribution in [1.29, 1.82) is 0 Å². The molecule has 4 rings (SSSR count). The molecule has 2 amide bonds. The number of para-hydroxylation sites is 2. The van der Waals surface area contributed by atoms with Crippen LogP contribution in [0.5, 0.6) is 0 Å². The first-order chi connectivity index (χ1) is 16.4. The van der Waals surface area contributed by atoms with Crippen molar-refractivity contribution in [3.05, 3.63) is 77.4 Å². The van der Waals surface area contributed by atoms with Gasteiger partial charge >= 0.3 is 0 Å². The van der Waals surface area contributed by atoms with Crippen LogP contribution in [-0.2, 0) is 4.79 Å². The van der Waals surface area contributed by atoms with Gasteiger partial charge in [-0.2, -0.15) is 0 Å². The molecule has 0 radical (unpaired) electrons. The Hall–Kier alpha value is -3.64. The Morgan fingerprint density at radius 2 is 1.85 bits per heavy atom. The molecular weight excluding hydrogens is 426 g/mol. The molecule has 3 N–H and O–H groups in total. The largest absolute Gasteiger partial charge is 0.387 e. The molecule has 0 aromatic heterocycles. The number of nitrogens with zero attached hydrogens (tertiary/aromatic N) is 1. The molecule has 0 bridgehead atoms. The number of amides is 2. The minimum Gasteiger partial charge on any atom is -0.387 e. The van der Waals surface area contributed by atoms with Crippen LogP contribution in [0.15, 0.2) is 60.7 Å². The van der Waals surface area contributed by atoms with Crippen LogP contribution in [0.4, 0.5) is 17.1 Å². The summed E-state index contributed by atoms with van der Waals surface area (Å²) in [7, 11) is 0. The first-order valence-corrected chi connectivity index (χ1v) is 11.7. The van der Waals surface area contributed by atoms with Crippen LogP contribution in [-0.4, -0.2) is 36.1 Å². The Morgan fingerprint density at radius 1 is 1.06 bits per heavy atom. The van der Waals surface area contributed by atoms with Crippen molar-refractivity contribution in [2.45, 2.75) is 39.7 Å². The zero-order valence-electron chi connectivity index (χ0n) is 19.9. The first-order valence-electron chi connectivity index (χ1n) is 11.7. The summed E-state index contributed by atoms with van der Waals surface area (Å²) in [6.45, 7) is 6.19. The first kappa shape index (κ1) is 23.5. The highest BCUT2D eigenvalue weighted by atomic mass is 16.3. The molecule has 1 aliphatic rings. The van der Waals surface area contributed by atoms with Crippen molar-refractivity contribution in [3.8, 4) is 11.1 Å². The average Bonchev–Trinajstić information content (AvgIpc) is 3.04. The number of carbonyl (C=O) groups excluding carboxylic acids is 2. The maximum atomic E-state index is 13.7. The van der Waals surface area contributed by atoms with Crippen LogP contribution in [0.25, 0.3) is 11.1 Å². The van der Waals surface area contributed by atoms with E-state index in [1.54, 1.807) is 17.0 Å². The van der Waals surface area contributed by atoms with Gasteiger partial charge in [0.2, 0.25) is 5.91 Å². The zero-order valence-corrected chi connectivity index (χ0v) is 19.9. The van der Waals surface area contributed by atoms with Gasteiger partial charge in [0.1, 0.15) is 6.61 Å². The lowest BCUT2D eigenvalue weighted by molar-refractivity contribution is -0.118. The monoisotopic (exact) mass is 457 g/mol. The number of hydrogen-bond donors (Lipinski definition) is 3. The van der Waals surface area contributed by atoms with Gasteiger partial charge < -0.3 is 20.6 Å². The molecule has 0 aliphatic carbocycles. The van der Waals surface area contributed by atoms with E-state index in [4.69, 9.17) is 0 Å². The zero-order chi connectivity index (χ0) is 24.2. The number of hydrogen-bond acceptors (Lipinski definition) is 4. The number of aliphatic hydroxyl groups excluding tert-OH is 1. The highest BCUT2D eigenvalue weighted by Crippen LogP contribution is 2.34. The molecular formula is C28H31N3O3. The number of fused-ring (bicyclic) bond motifs is 1. The fourth-order valence-electron chi connectivity index (χ4n) is 4.33. The van der Waals surface area contributed by atoms with Gasteiger partial charge in [-0.1, -0.05) is 43.3 Å². The van der Waals surface area contributed by atoms with Crippen LogP contribution in [0.1, 0.15) is 41.3 Å². The average molecular weight is 458 g/mol. The van der Waals surface area contributed by atoms with Crippen LogP contribution in [0.3, 0.4) is 0 Å². The number of nitrogens with one attached hydrogen (secondary N) is 2. The number of rotatable bonds is 5. The quantitative estimate of drug-likeness (QED) is 0.495. The third-order valence-corrected chi connectivity index (χ3v) is 6.50. The maximum Gasteiger partial charge on any atom is 0.258 e. The predicted molar refractivity (Wildman–Crippen MR) is 138 cm³/mol. The summed E-state index contributed by atoms with van der Waals surface area (Å²) in [4.78, 5) is 27.6. The van der Waals surface area contributed by atoms with Crippen molar-refractivity contribution in [1.82, 2.24) is 0 Å². The summed E-state index contributed by atoms with van der Waals surface area (Å²) in [5, 5.41) is 15.6. The molecule has 0 spiro atoms. The van der Waals surface area contributed by atoms with Crippen LogP contribution < -0.4 is 15.5 Å². The van der Waals surface area contributed by atoms with Gasteiger partial charge in [-0.25, -0.2) is 0 Å². The van der Waals surface area contributed by atoms with Crippen LogP contribution >= 0.6 is 0 Å². The summed E-state index contributed by atoms with van der Waals surface area (Å²) in [5.41, 5.74) is 6.82. The van der Waals surface area contributed by atoms with Gasteiger partial charge in [0.25, 0.3) is 5.91 Å². The van der Waals surface area contributed by atoms with E-state index >= 15 is 0 Å². The molecule has 0 saturated heterocycles. The molecule has 1 atom stereocenters. The second-order valence-corrected chi connectivity index (χ2v) is 8.78. The van der Waals surface area contributed by atoms with Crippen LogP contribution in [0, 0.1) is 13.8 Å². The third kappa shape index (κ3) is 4.82. The fraction of sp³-hybridized carbons (Fsp3) is 0.286. The van der Waals surface area contributed by atoms with Crippen molar-refractivity contribution in [3.63, 3.8) is 0 Å². The molecule has 6 heteroatoms. The Kier molecular flexibility index (Phi) is 6.98. The molecule has 1 aliphatic heterocycles. The molecule has 34 heavy (non-hydrogen) atoms. The van der Waals surface area contributed by atoms with Crippen LogP contribution in [0.2, 0.25) is 0 Å². The van der Waals surface area contributed by atoms with E-state index < -0.39 is 12.5 Å². The van der Waals surface area contributed by atoms with E-state index in [-0.39, 0.29) is 5.91 Å². The van der Waals surface area contributed by atoms with Gasteiger partial charge in [0.15, 0.2) is 0 Å². The summed E-state index contributed by atoms with van der Waals surface area (Å²) in [6.07, 6.45) is 1.81. The summed E-state index contributed by atoms with van der Waals surface area (Å²) < 4.78 is 0. The lowest BCUT2D eigenvalue weighted by Crippen LogP contribution is -2.32. The SMILES string of the molecule is CCC1CCN(C(=O)c2ccc(-c3ccc(C)c(C)c3)c(NC(=O)CO)c2)c2ccccc2N1. The van der Waals surface area contributed by atoms with Gasteiger partial charge in [0.05, 0.1) is 11.4 Å². The van der Waals surface area contributed by atoms with Crippen molar-refractivity contribution >= 4 is 28.9 Å². The van der Waals surface area contributed by atoms with Crippen molar-refractivity contribution in [2.75, 3.05) is 28.7 Å². The molecule has 0 fully saturated rings. The molecule has 0 saturated carbocycles. The number of carbonyl (C=O) groups is 2. The highest BCUT2D eigenvalue weighted by Gasteiger charge is 2.26. The minimum absolute atomic E-state index is 0.128. The number of aryl methyl sites for hydroxylation is 2. The topological polar surface area (TPSA) is 81.7 Å². The lowest BCUT2D eigenvalue weighted by atomic mass is 9.97. The van der Waals surface area contributed by atoms with Gasteiger partial charge in [-0.3, -0.25) is 9.59 Å². The van der Waals surface area contributed by atoms with E-state index in [1.807, 2.05) is 56.3 Å². The Morgan fingerprint density at radius 3 is 2.59 bits per heavy atom. The Labute approximate surface area is 200 Å².